The van der Waals surface area contributed by atoms with Crippen LogP contribution in [0.5, 0.6) is 0 Å². The molecule has 2 rings (SSSR count). The third kappa shape index (κ3) is 2.59. The molecule has 1 aromatic carbocycles. The highest BCUT2D eigenvalue weighted by Gasteiger charge is 2.22. The van der Waals surface area contributed by atoms with Crippen LogP contribution in [0.4, 0.5) is 19.3 Å². The summed E-state index contributed by atoms with van der Waals surface area (Å²) in [5.41, 5.74) is 0.0833. The first-order valence-electron chi connectivity index (χ1n) is 5.78. The maximum absolute atomic E-state index is 13.6. The van der Waals surface area contributed by atoms with Gasteiger partial charge in [-0.2, -0.15) is 0 Å². The monoisotopic (exact) mass is 255 g/mol. The normalized spacial score (nSPS) is 15.6. The predicted octanol–water partition coefficient (Wildman–Crippen LogP) is 1.43. The lowest BCUT2D eigenvalue weighted by atomic mass is 10.2. The quantitative estimate of drug-likeness (QED) is 0.824. The standard InChI is InChI=1S/C12H15F2N3O/c1-16(11-3-2-9(13)8-10(11)14)12(18)17-6-4-15-5-7-17/h2-3,8,15H,4-7H2,1H3. The Labute approximate surface area is 104 Å². The Bertz CT molecular complexity index is 447. The van der Waals surface area contributed by atoms with Gasteiger partial charge in [0.05, 0.1) is 5.69 Å². The van der Waals surface area contributed by atoms with Crippen molar-refractivity contribution < 1.29 is 13.6 Å². The number of urea groups is 1. The first-order valence-corrected chi connectivity index (χ1v) is 5.78. The first kappa shape index (κ1) is 12.8. The highest BCUT2D eigenvalue weighted by Crippen LogP contribution is 2.20. The summed E-state index contributed by atoms with van der Waals surface area (Å²) in [6.45, 7) is 2.63. The largest absolute Gasteiger partial charge is 0.324 e. The van der Waals surface area contributed by atoms with E-state index in [1.807, 2.05) is 0 Å². The molecule has 0 saturated carbocycles. The second-order valence-electron chi connectivity index (χ2n) is 4.17. The summed E-state index contributed by atoms with van der Waals surface area (Å²) in [5.74, 6) is -1.39. The molecule has 1 fully saturated rings. The minimum absolute atomic E-state index is 0.0833. The number of hydrogen-bond acceptors (Lipinski definition) is 2. The summed E-state index contributed by atoms with van der Waals surface area (Å²) in [4.78, 5) is 14.9. The maximum Gasteiger partial charge on any atom is 0.324 e. The number of carbonyl (C=O) groups excluding carboxylic acids is 1. The van der Waals surface area contributed by atoms with Crippen LogP contribution >= 0.6 is 0 Å². The van der Waals surface area contributed by atoms with Gasteiger partial charge in [0.15, 0.2) is 0 Å². The Morgan fingerprint density at radius 2 is 2.00 bits per heavy atom. The van der Waals surface area contributed by atoms with Crippen molar-refractivity contribution in [3.63, 3.8) is 0 Å². The van der Waals surface area contributed by atoms with Crippen LogP contribution < -0.4 is 10.2 Å². The van der Waals surface area contributed by atoms with Crippen molar-refractivity contribution >= 4 is 11.7 Å². The molecular formula is C12H15F2N3O. The van der Waals surface area contributed by atoms with Gasteiger partial charge in [-0.1, -0.05) is 0 Å². The third-order valence-electron chi connectivity index (χ3n) is 2.95. The average molecular weight is 255 g/mol. The second kappa shape index (κ2) is 5.30. The van der Waals surface area contributed by atoms with Crippen molar-refractivity contribution in [3.8, 4) is 0 Å². The average Bonchev–Trinajstić information content (AvgIpc) is 2.38. The van der Waals surface area contributed by atoms with Crippen molar-refractivity contribution in [3.05, 3.63) is 29.8 Å². The molecule has 1 aromatic rings. The van der Waals surface area contributed by atoms with Gasteiger partial charge in [-0.15, -0.1) is 0 Å². The van der Waals surface area contributed by atoms with Crippen LogP contribution in [0.15, 0.2) is 18.2 Å². The van der Waals surface area contributed by atoms with Gasteiger partial charge in [-0.25, -0.2) is 13.6 Å². The van der Waals surface area contributed by atoms with Gasteiger partial charge < -0.3 is 10.2 Å². The molecule has 1 N–H and O–H groups in total. The van der Waals surface area contributed by atoms with E-state index >= 15 is 0 Å². The number of halogens is 2. The molecule has 0 spiro atoms. The fraction of sp³-hybridized carbons (Fsp3) is 0.417. The fourth-order valence-electron chi connectivity index (χ4n) is 1.92. The lowest BCUT2D eigenvalue weighted by Gasteiger charge is -2.31. The number of benzene rings is 1. The van der Waals surface area contributed by atoms with E-state index < -0.39 is 11.6 Å². The highest BCUT2D eigenvalue weighted by molar-refractivity contribution is 5.91. The molecule has 0 unspecified atom stereocenters. The second-order valence-corrected chi connectivity index (χ2v) is 4.17. The van der Waals surface area contributed by atoms with Gasteiger partial charge in [-0.3, -0.25) is 4.90 Å². The van der Waals surface area contributed by atoms with Gasteiger partial charge in [0.2, 0.25) is 0 Å². The maximum atomic E-state index is 13.6. The lowest BCUT2D eigenvalue weighted by molar-refractivity contribution is 0.198. The van der Waals surface area contributed by atoms with Gasteiger partial charge in [0.1, 0.15) is 11.6 Å². The molecule has 18 heavy (non-hydrogen) atoms. The number of nitrogens with one attached hydrogen (secondary N) is 1. The van der Waals surface area contributed by atoms with E-state index in [4.69, 9.17) is 0 Å². The van der Waals surface area contributed by atoms with Crippen LogP contribution in [0.25, 0.3) is 0 Å². The van der Waals surface area contributed by atoms with E-state index in [2.05, 4.69) is 5.32 Å². The third-order valence-corrected chi connectivity index (χ3v) is 2.95. The molecule has 0 aromatic heterocycles. The summed E-state index contributed by atoms with van der Waals surface area (Å²) in [7, 11) is 1.49. The zero-order chi connectivity index (χ0) is 13.1. The number of hydrogen-bond donors (Lipinski definition) is 1. The molecule has 1 saturated heterocycles. The highest BCUT2D eigenvalue weighted by atomic mass is 19.1. The zero-order valence-corrected chi connectivity index (χ0v) is 10.1. The van der Waals surface area contributed by atoms with Crippen molar-refractivity contribution in [2.75, 3.05) is 38.1 Å². The number of piperazine rings is 1. The molecule has 98 valence electrons. The van der Waals surface area contributed by atoms with E-state index in [1.54, 1.807) is 4.90 Å². The minimum atomic E-state index is -0.735. The van der Waals surface area contributed by atoms with Crippen molar-refractivity contribution in [2.24, 2.45) is 0 Å². The molecule has 4 nitrogen and oxygen atoms in total. The Balaban J connectivity index is 2.14. The zero-order valence-electron chi connectivity index (χ0n) is 10.1. The van der Waals surface area contributed by atoms with E-state index in [1.165, 1.54) is 18.0 Å². The SMILES string of the molecule is CN(C(=O)N1CCNCC1)c1ccc(F)cc1F. The Morgan fingerprint density at radius 3 is 2.61 bits per heavy atom. The van der Waals surface area contributed by atoms with Crippen LogP contribution in [-0.4, -0.2) is 44.2 Å². The van der Waals surface area contributed by atoms with E-state index in [0.717, 1.165) is 25.2 Å². The molecular weight excluding hydrogens is 240 g/mol. The summed E-state index contributed by atoms with van der Waals surface area (Å²) >= 11 is 0. The number of amides is 2. The molecule has 0 radical (unpaired) electrons. The van der Waals surface area contributed by atoms with Crippen LogP contribution in [-0.2, 0) is 0 Å². The predicted molar refractivity (Wildman–Crippen MR) is 64.6 cm³/mol. The fourth-order valence-corrected chi connectivity index (χ4v) is 1.92. The molecule has 0 aliphatic carbocycles. The van der Waals surface area contributed by atoms with Crippen molar-refractivity contribution in [1.82, 2.24) is 10.2 Å². The topological polar surface area (TPSA) is 35.6 Å². The van der Waals surface area contributed by atoms with E-state index in [0.29, 0.717) is 13.1 Å². The Morgan fingerprint density at radius 1 is 1.33 bits per heavy atom. The lowest BCUT2D eigenvalue weighted by Crippen LogP contribution is -2.50. The Hall–Kier alpha value is -1.69. The summed E-state index contributed by atoms with van der Waals surface area (Å²) in [5, 5.41) is 3.13. The summed E-state index contributed by atoms with van der Waals surface area (Å²) < 4.78 is 26.4. The number of rotatable bonds is 1. The summed E-state index contributed by atoms with van der Waals surface area (Å²) in [6, 6.07) is 2.91. The number of nitrogens with zero attached hydrogens (tertiary/aromatic N) is 2. The van der Waals surface area contributed by atoms with Gasteiger partial charge in [-0.05, 0) is 12.1 Å². The molecule has 1 aliphatic heterocycles. The number of anilines is 1. The van der Waals surface area contributed by atoms with Crippen LogP contribution in [0.1, 0.15) is 0 Å². The van der Waals surface area contributed by atoms with Crippen molar-refractivity contribution in [1.29, 1.82) is 0 Å². The molecule has 1 heterocycles. The molecule has 2 amide bonds. The van der Waals surface area contributed by atoms with Crippen LogP contribution in [0.3, 0.4) is 0 Å². The molecule has 1 aliphatic rings. The Kier molecular flexibility index (Phi) is 3.76. The van der Waals surface area contributed by atoms with E-state index in [-0.39, 0.29) is 11.7 Å². The minimum Gasteiger partial charge on any atom is -0.322 e. The van der Waals surface area contributed by atoms with Crippen LogP contribution in [0.2, 0.25) is 0 Å². The van der Waals surface area contributed by atoms with Crippen molar-refractivity contribution in [2.45, 2.75) is 0 Å². The molecule has 6 heteroatoms. The van der Waals surface area contributed by atoms with E-state index in [9.17, 15) is 13.6 Å². The first-order chi connectivity index (χ1) is 8.59. The van der Waals surface area contributed by atoms with Gasteiger partial charge in [0.25, 0.3) is 0 Å². The summed E-state index contributed by atoms with van der Waals surface area (Å²) in [6.07, 6.45) is 0. The van der Waals surface area contributed by atoms with Gasteiger partial charge in [0, 0.05) is 39.3 Å². The van der Waals surface area contributed by atoms with Crippen LogP contribution in [0, 0.1) is 11.6 Å². The van der Waals surface area contributed by atoms with Gasteiger partial charge >= 0.3 is 6.03 Å². The molecule has 0 bridgehead atoms. The smallest absolute Gasteiger partial charge is 0.322 e. The number of carbonyl (C=O) groups is 1. The molecule has 0 atom stereocenters.